The van der Waals surface area contributed by atoms with Crippen LogP contribution in [0.1, 0.15) is 11.1 Å². The number of nitrogen functional groups attached to an aromatic ring is 1. The second-order valence-corrected chi connectivity index (χ2v) is 2.66. The van der Waals surface area contributed by atoms with E-state index in [0.717, 1.165) is 11.6 Å². The highest BCUT2D eigenvalue weighted by molar-refractivity contribution is 5.86. The summed E-state index contributed by atoms with van der Waals surface area (Å²) in [6, 6.07) is 1.78. The summed E-state index contributed by atoms with van der Waals surface area (Å²) in [4.78, 5) is 14.1. The highest BCUT2D eigenvalue weighted by Crippen LogP contribution is 2.11. The van der Waals surface area contributed by atoms with Crippen molar-refractivity contribution >= 4 is 17.9 Å². The monoisotopic (exact) mass is 178 g/mol. The van der Waals surface area contributed by atoms with Crippen LogP contribution in [-0.4, -0.2) is 16.1 Å². The van der Waals surface area contributed by atoms with Gasteiger partial charge in [0.25, 0.3) is 0 Å². The molecule has 0 aliphatic rings. The van der Waals surface area contributed by atoms with Crippen molar-refractivity contribution in [1.29, 1.82) is 0 Å². The van der Waals surface area contributed by atoms with E-state index < -0.39 is 5.97 Å². The van der Waals surface area contributed by atoms with Crippen LogP contribution in [0.15, 0.2) is 18.3 Å². The van der Waals surface area contributed by atoms with E-state index in [2.05, 4.69) is 4.98 Å². The number of anilines is 1. The fourth-order valence-corrected chi connectivity index (χ4v) is 0.897. The first-order valence-corrected chi connectivity index (χ1v) is 3.72. The molecule has 4 nitrogen and oxygen atoms in total. The molecule has 0 radical (unpaired) electrons. The summed E-state index contributed by atoms with van der Waals surface area (Å²) in [6.07, 6.45) is 4.10. The Labute approximate surface area is 75.7 Å². The van der Waals surface area contributed by atoms with Crippen molar-refractivity contribution in [2.45, 2.75) is 6.92 Å². The van der Waals surface area contributed by atoms with Crippen LogP contribution in [0, 0.1) is 6.92 Å². The third-order valence-electron chi connectivity index (χ3n) is 1.49. The Morgan fingerprint density at radius 1 is 1.69 bits per heavy atom. The second kappa shape index (κ2) is 3.71. The van der Waals surface area contributed by atoms with Crippen LogP contribution < -0.4 is 5.73 Å². The summed E-state index contributed by atoms with van der Waals surface area (Å²) in [5.74, 6) is -0.663. The molecule has 1 rings (SSSR count). The molecule has 0 atom stereocenters. The molecule has 0 spiro atoms. The summed E-state index contributed by atoms with van der Waals surface area (Å²) in [5, 5.41) is 8.39. The van der Waals surface area contributed by atoms with Crippen LogP contribution in [0.5, 0.6) is 0 Å². The van der Waals surface area contributed by atoms with Gasteiger partial charge < -0.3 is 10.8 Å². The molecule has 1 heterocycles. The normalized spacial score (nSPS) is 10.5. The van der Waals surface area contributed by atoms with Crippen molar-refractivity contribution in [2.24, 2.45) is 0 Å². The Kier molecular flexibility index (Phi) is 2.64. The summed E-state index contributed by atoms with van der Waals surface area (Å²) in [6.45, 7) is 1.87. The minimum atomic E-state index is -0.999. The smallest absolute Gasteiger partial charge is 0.328 e. The summed E-state index contributed by atoms with van der Waals surface area (Å²) in [5.41, 5.74) is 7.09. The zero-order valence-electron chi connectivity index (χ0n) is 7.19. The largest absolute Gasteiger partial charge is 0.478 e. The number of hydrogen-bond acceptors (Lipinski definition) is 3. The van der Waals surface area contributed by atoms with Crippen molar-refractivity contribution in [3.8, 4) is 0 Å². The summed E-state index contributed by atoms with van der Waals surface area (Å²) in [7, 11) is 0. The Morgan fingerprint density at radius 2 is 2.38 bits per heavy atom. The minimum Gasteiger partial charge on any atom is -0.478 e. The van der Waals surface area contributed by atoms with Crippen LogP contribution in [0.2, 0.25) is 0 Å². The molecule has 3 N–H and O–H groups in total. The average Bonchev–Trinajstić information content (AvgIpc) is 2.06. The van der Waals surface area contributed by atoms with Crippen LogP contribution >= 0.6 is 0 Å². The van der Waals surface area contributed by atoms with E-state index in [1.807, 2.05) is 6.92 Å². The molecule has 0 unspecified atom stereocenters. The van der Waals surface area contributed by atoms with Crippen LogP contribution in [0.3, 0.4) is 0 Å². The Bertz CT molecular complexity index is 359. The Morgan fingerprint density at radius 3 is 3.00 bits per heavy atom. The number of nitrogens with two attached hydrogens (primary N) is 1. The van der Waals surface area contributed by atoms with Gasteiger partial charge in [0.2, 0.25) is 0 Å². The molecule has 0 saturated carbocycles. The lowest BCUT2D eigenvalue weighted by Gasteiger charge is -1.99. The first kappa shape index (κ1) is 9.25. The SMILES string of the molecule is Cc1cnc(N)c(C=CC(=O)O)c1. The molecule has 0 aliphatic carbocycles. The van der Waals surface area contributed by atoms with Gasteiger partial charge in [0.1, 0.15) is 5.82 Å². The van der Waals surface area contributed by atoms with Gasteiger partial charge in [-0.15, -0.1) is 0 Å². The van der Waals surface area contributed by atoms with Crippen molar-refractivity contribution in [1.82, 2.24) is 4.98 Å². The van der Waals surface area contributed by atoms with Crippen LogP contribution in [0.25, 0.3) is 6.08 Å². The maximum Gasteiger partial charge on any atom is 0.328 e. The number of nitrogens with zero attached hydrogens (tertiary/aromatic N) is 1. The highest BCUT2D eigenvalue weighted by atomic mass is 16.4. The number of aryl methyl sites for hydroxylation is 1. The summed E-state index contributed by atoms with van der Waals surface area (Å²) >= 11 is 0. The third kappa shape index (κ3) is 2.59. The number of pyridine rings is 1. The van der Waals surface area contributed by atoms with E-state index in [1.165, 1.54) is 6.08 Å². The van der Waals surface area contributed by atoms with E-state index in [1.54, 1.807) is 12.3 Å². The summed E-state index contributed by atoms with van der Waals surface area (Å²) < 4.78 is 0. The Balaban J connectivity index is 3.00. The number of carbonyl (C=O) groups is 1. The third-order valence-corrected chi connectivity index (χ3v) is 1.49. The van der Waals surface area contributed by atoms with Gasteiger partial charge in [0, 0.05) is 17.8 Å². The highest BCUT2D eigenvalue weighted by Gasteiger charge is 1.97. The van der Waals surface area contributed by atoms with Crippen molar-refractivity contribution in [3.05, 3.63) is 29.5 Å². The molecule has 0 aromatic carbocycles. The molecule has 0 aliphatic heterocycles. The maximum absolute atomic E-state index is 10.2. The minimum absolute atomic E-state index is 0.336. The van der Waals surface area contributed by atoms with Gasteiger partial charge in [-0.05, 0) is 24.6 Å². The predicted octanol–water partition coefficient (Wildman–Crippen LogP) is 1.07. The van der Waals surface area contributed by atoms with Gasteiger partial charge in [0.15, 0.2) is 0 Å². The van der Waals surface area contributed by atoms with Gasteiger partial charge in [-0.2, -0.15) is 0 Å². The molecular weight excluding hydrogens is 168 g/mol. The van der Waals surface area contributed by atoms with Crippen molar-refractivity contribution in [3.63, 3.8) is 0 Å². The standard InChI is InChI=1S/C9H10N2O2/c1-6-4-7(2-3-8(12)13)9(10)11-5-6/h2-5H,1H3,(H2,10,11)(H,12,13). The van der Waals surface area contributed by atoms with Crippen molar-refractivity contribution in [2.75, 3.05) is 5.73 Å². The lowest BCUT2D eigenvalue weighted by Crippen LogP contribution is -1.95. The van der Waals surface area contributed by atoms with E-state index in [0.29, 0.717) is 11.4 Å². The molecular formula is C9H10N2O2. The molecule has 13 heavy (non-hydrogen) atoms. The average molecular weight is 178 g/mol. The molecule has 0 amide bonds. The van der Waals surface area contributed by atoms with Crippen LogP contribution in [-0.2, 0) is 4.79 Å². The quantitative estimate of drug-likeness (QED) is 0.664. The van der Waals surface area contributed by atoms with E-state index >= 15 is 0 Å². The van der Waals surface area contributed by atoms with E-state index in [-0.39, 0.29) is 0 Å². The van der Waals surface area contributed by atoms with Gasteiger partial charge in [-0.1, -0.05) is 0 Å². The van der Waals surface area contributed by atoms with Crippen LogP contribution in [0.4, 0.5) is 5.82 Å². The molecule has 0 saturated heterocycles. The zero-order valence-corrected chi connectivity index (χ0v) is 7.19. The topological polar surface area (TPSA) is 76.2 Å². The van der Waals surface area contributed by atoms with E-state index in [9.17, 15) is 4.79 Å². The first-order valence-electron chi connectivity index (χ1n) is 3.72. The fourth-order valence-electron chi connectivity index (χ4n) is 0.897. The van der Waals surface area contributed by atoms with Gasteiger partial charge in [-0.25, -0.2) is 9.78 Å². The molecule has 68 valence electrons. The molecule has 0 fully saturated rings. The molecule has 0 bridgehead atoms. The first-order chi connectivity index (χ1) is 6.09. The van der Waals surface area contributed by atoms with E-state index in [4.69, 9.17) is 10.8 Å². The number of carboxylic acids is 1. The number of aliphatic carboxylic acids is 1. The molecule has 4 heteroatoms. The second-order valence-electron chi connectivity index (χ2n) is 2.66. The fraction of sp³-hybridized carbons (Fsp3) is 0.111. The molecule has 1 aromatic heterocycles. The Hall–Kier alpha value is -1.84. The number of hydrogen-bond donors (Lipinski definition) is 2. The zero-order chi connectivity index (χ0) is 9.84. The van der Waals surface area contributed by atoms with Gasteiger partial charge in [-0.3, -0.25) is 0 Å². The maximum atomic E-state index is 10.2. The van der Waals surface area contributed by atoms with Crippen molar-refractivity contribution < 1.29 is 9.90 Å². The molecule has 1 aromatic rings. The predicted molar refractivity (Wildman–Crippen MR) is 50.1 cm³/mol. The lowest BCUT2D eigenvalue weighted by atomic mass is 10.2. The lowest BCUT2D eigenvalue weighted by molar-refractivity contribution is -0.131. The van der Waals surface area contributed by atoms with Gasteiger partial charge >= 0.3 is 5.97 Å². The van der Waals surface area contributed by atoms with Gasteiger partial charge in [0.05, 0.1) is 0 Å². The number of rotatable bonds is 2. The number of aromatic nitrogens is 1. The number of carboxylic acid groups (broad SMARTS) is 1.